The number of carboxylic acid groups (broad SMARTS) is 1. The summed E-state index contributed by atoms with van der Waals surface area (Å²) >= 11 is 1.54. The molecule has 2 atom stereocenters. The van der Waals surface area contributed by atoms with Crippen molar-refractivity contribution >= 4 is 23.2 Å². The zero-order chi connectivity index (χ0) is 17.6. The highest BCUT2D eigenvalue weighted by Crippen LogP contribution is 2.30. The number of rotatable bonds is 6. The fourth-order valence-corrected chi connectivity index (χ4v) is 4.06. The lowest BCUT2D eigenvalue weighted by molar-refractivity contribution is -0.314. The van der Waals surface area contributed by atoms with Gasteiger partial charge in [-0.05, 0) is 25.0 Å². The van der Waals surface area contributed by atoms with Crippen molar-refractivity contribution in [1.29, 1.82) is 0 Å². The summed E-state index contributed by atoms with van der Waals surface area (Å²) in [7, 11) is 0. The third-order valence-corrected chi connectivity index (χ3v) is 5.49. The maximum absolute atomic E-state index is 12.3. The van der Waals surface area contributed by atoms with Gasteiger partial charge in [0.15, 0.2) is 0 Å². The fraction of sp³-hybridized carbons (Fsp3) is 0.444. The van der Waals surface area contributed by atoms with Crippen LogP contribution in [-0.4, -0.2) is 28.4 Å². The van der Waals surface area contributed by atoms with E-state index in [4.69, 9.17) is 0 Å². The van der Waals surface area contributed by atoms with E-state index in [0.29, 0.717) is 25.8 Å². The summed E-state index contributed by atoms with van der Waals surface area (Å²) in [5, 5.41) is 16.9. The molecule has 25 heavy (non-hydrogen) atoms. The summed E-state index contributed by atoms with van der Waals surface area (Å²) in [6.45, 7) is 0.450. The van der Waals surface area contributed by atoms with Gasteiger partial charge in [0, 0.05) is 54.1 Å². The smallest absolute Gasteiger partial charge is 0.223 e. The van der Waals surface area contributed by atoms with E-state index >= 15 is 0 Å². The molecule has 1 N–H and O–H groups in total. The standard InChI is InChI=1S/C18H21N3O3S/c22-16(14-5-1-2-6-15(14)18(23)24)20-9-7-13-11-25-17(21-13)12-4-3-8-19-10-12/h3-4,8,10-11,14-15H,1-2,5-7,9H2,(H,20,22)(H,23,24)/p-1/t14-,15+/m0/s1. The van der Waals surface area contributed by atoms with Crippen molar-refractivity contribution in [3.05, 3.63) is 35.6 Å². The lowest BCUT2D eigenvalue weighted by Crippen LogP contribution is -2.44. The Morgan fingerprint density at radius 2 is 2.08 bits per heavy atom. The van der Waals surface area contributed by atoms with Gasteiger partial charge >= 0.3 is 0 Å². The van der Waals surface area contributed by atoms with Crippen LogP contribution in [0.25, 0.3) is 10.6 Å². The minimum absolute atomic E-state index is 0.184. The van der Waals surface area contributed by atoms with Gasteiger partial charge < -0.3 is 15.2 Å². The molecule has 3 rings (SSSR count). The first-order valence-electron chi connectivity index (χ1n) is 8.48. The summed E-state index contributed by atoms with van der Waals surface area (Å²) < 4.78 is 0. The number of nitrogens with zero attached hydrogens (tertiary/aromatic N) is 2. The van der Waals surface area contributed by atoms with Crippen LogP contribution in [0.5, 0.6) is 0 Å². The van der Waals surface area contributed by atoms with Gasteiger partial charge in [-0.25, -0.2) is 4.98 Å². The highest BCUT2D eigenvalue weighted by atomic mass is 32.1. The molecule has 1 fully saturated rings. The molecule has 2 aromatic rings. The topological polar surface area (TPSA) is 95.0 Å². The van der Waals surface area contributed by atoms with Crippen LogP contribution in [0, 0.1) is 11.8 Å². The third kappa shape index (κ3) is 4.42. The van der Waals surface area contributed by atoms with Crippen molar-refractivity contribution < 1.29 is 14.7 Å². The monoisotopic (exact) mass is 358 g/mol. The predicted molar refractivity (Wildman–Crippen MR) is 92.5 cm³/mol. The van der Waals surface area contributed by atoms with Crippen LogP contribution in [0.3, 0.4) is 0 Å². The fourth-order valence-electron chi connectivity index (χ4n) is 3.22. The van der Waals surface area contributed by atoms with E-state index in [-0.39, 0.29) is 5.91 Å². The number of aliphatic carboxylic acids is 1. The van der Waals surface area contributed by atoms with Crippen LogP contribution in [0.4, 0.5) is 0 Å². The number of carbonyl (C=O) groups is 2. The molecule has 0 saturated heterocycles. The van der Waals surface area contributed by atoms with Crippen molar-refractivity contribution in [1.82, 2.24) is 15.3 Å². The van der Waals surface area contributed by atoms with E-state index in [0.717, 1.165) is 29.1 Å². The van der Waals surface area contributed by atoms with Crippen molar-refractivity contribution in [2.24, 2.45) is 11.8 Å². The van der Waals surface area contributed by atoms with Gasteiger partial charge in [-0.3, -0.25) is 9.78 Å². The molecule has 0 aliphatic heterocycles. The molecular weight excluding hydrogens is 338 g/mol. The van der Waals surface area contributed by atoms with Crippen LogP contribution in [0.2, 0.25) is 0 Å². The number of hydrogen-bond donors (Lipinski definition) is 1. The molecule has 1 aliphatic carbocycles. The molecule has 0 bridgehead atoms. The molecule has 1 amide bonds. The van der Waals surface area contributed by atoms with Crippen LogP contribution < -0.4 is 10.4 Å². The number of amides is 1. The van der Waals surface area contributed by atoms with Crippen LogP contribution in [0.15, 0.2) is 29.9 Å². The average Bonchev–Trinajstić information content (AvgIpc) is 3.11. The van der Waals surface area contributed by atoms with E-state index in [2.05, 4.69) is 15.3 Å². The molecule has 132 valence electrons. The predicted octanol–water partition coefficient (Wildman–Crippen LogP) is 1.42. The Labute approximate surface area is 150 Å². The molecule has 2 heterocycles. The number of carbonyl (C=O) groups excluding carboxylic acids is 2. The van der Waals surface area contributed by atoms with Crippen molar-refractivity contribution in [3.8, 4) is 10.6 Å². The highest BCUT2D eigenvalue weighted by Gasteiger charge is 2.31. The second-order valence-corrected chi connectivity index (χ2v) is 7.10. The molecule has 2 aromatic heterocycles. The normalized spacial score (nSPS) is 20.2. The summed E-state index contributed by atoms with van der Waals surface area (Å²) in [5.74, 6) is -2.43. The lowest BCUT2D eigenvalue weighted by atomic mass is 9.78. The third-order valence-electron chi connectivity index (χ3n) is 4.55. The van der Waals surface area contributed by atoms with Crippen LogP contribution >= 0.6 is 11.3 Å². The maximum Gasteiger partial charge on any atom is 0.223 e. The summed E-state index contributed by atoms with van der Waals surface area (Å²) in [6, 6.07) is 3.83. The van der Waals surface area contributed by atoms with E-state index in [1.807, 2.05) is 17.5 Å². The van der Waals surface area contributed by atoms with Gasteiger partial charge in [-0.1, -0.05) is 12.8 Å². The number of carboxylic acids is 1. The molecule has 1 saturated carbocycles. The number of nitrogens with one attached hydrogen (secondary N) is 1. The lowest BCUT2D eigenvalue weighted by Gasteiger charge is -2.31. The first-order valence-corrected chi connectivity index (χ1v) is 9.36. The molecular formula is C18H20N3O3S-. The summed E-state index contributed by atoms with van der Waals surface area (Å²) in [4.78, 5) is 32.1. The quantitative estimate of drug-likeness (QED) is 0.843. The van der Waals surface area contributed by atoms with E-state index in [9.17, 15) is 14.7 Å². The molecule has 6 nitrogen and oxygen atoms in total. The van der Waals surface area contributed by atoms with Crippen molar-refractivity contribution in [2.75, 3.05) is 6.54 Å². The average molecular weight is 358 g/mol. The van der Waals surface area contributed by atoms with Gasteiger partial charge in [0.1, 0.15) is 5.01 Å². The Bertz CT molecular complexity index is 732. The highest BCUT2D eigenvalue weighted by molar-refractivity contribution is 7.13. The largest absolute Gasteiger partial charge is 0.550 e. The second kappa shape index (κ2) is 8.20. The number of aromatic nitrogens is 2. The maximum atomic E-state index is 12.3. The molecule has 0 unspecified atom stereocenters. The number of thiazole rings is 1. The first-order chi connectivity index (χ1) is 12.1. The van der Waals surface area contributed by atoms with Crippen LogP contribution in [-0.2, 0) is 16.0 Å². The molecule has 0 aromatic carbocycles. The van der Waals surface area contributed by atoms with Gasteiger partial charge in [0.05, 0.1) is 5.69 Å². The number of pyridine rings is 1. The molecule has 0 spiro atoms. The summed E-state index contributed by atoms with van der Waals surface area (Å²) in [5.41, 5.74) is 1.88. The van der Waals surface area contributed by atoms with Gasteiger partial charge in [-0.2, -0.15) is 0 Å². The minimum Gasteiger partial charge on any atom is -0.550 e. The Hall–Kier alpha value is -2.28. The Kier molecular flexibility index (Phi) is 5.75. The minimum atomic E-state index is -1.11. The summed E-state index contributed by atoms with van der Waals surface area (Å²) in [6.07, 6.45) is 6.99. The SMILES string of the molecule is O=C(NCCc1csc(-c2cccnc2)n1)[C@H]1CCCC[C@H]1C(=O)[O-]. The van der Waals surface area contributed by atoms with E-state index < -0.39 is 17.8 Å². The van der Waals surface area contributed by atoms with E-state index in [1.54, 1.807) is 23.7 Å². The van der Waals surface area contributed by atoms with E-state index in [1.165, 1.54) is 0 Å². The van der Waals surface area contributed by atoms with Crippen molar-refractivity contribution in [3.63, 3.8) is 0 Å². The Morgan fingerprint density at radius 1 is 1.28 bits per heavy atom. The zero-order valence-electron chi connectivity index (χ0n) is 13.8. The number of hydrogen-bond acceptors (Lipinski definition) is 6. The van der Waals surface area contributed by atoms with Gasteiger partial charge in [-0.15, -0.1) is 11.3 Å². The zero-order valence-corrected chi connectivity index (χ0v) is 14.6. The van der Waals surface area contributed by atoms with Crippen molar-refractivity contribution in [2.45, 2.75) is 32.1 Å². The van der Waals surface area contributed by atoms with Crippen LogP contribution in [0.1, 0.15) is 31.4 Å². The first kappa shape index (κ1) is 17.5. The second-order valence-electron chi connectivity index (χ2n) is 6.24. The molecule has 0 radical (unpaired) electrons. The molecule has 7 heteroatoms. The Morgan fingerprint density at radius 3 is 2.80 bits per heavy atom. The van der Waals surface area contributed by atoms with Gasteiger partial charge in [0.2, 0.25) is 5.91 Å². The Balaban J connectivity index is 1.52. The molecule has 1 aliphatic rings. The van der Waals surface area contributed by atoms with Gasteiger partial charge in [0.25, 0.3) is 0 Å².